The standard InChI is InChI=1S/C46H29N3O/c1-3-13-30(14-4-1)31-25-27-32(28-26-31)39-29-40(48-46(47-39)38-21-11-19-35-34-17-8-10-24-43(34)50-45(35)38)36-20-12-23-42-44(36)37-18-7-9-22-41(37)49(42)33-15-5-2-6-16-33/h1-29H. The van der Waals surface area contributed by atoms with Gasteiger partial charge in [-0.25, -0.2) is 9.97 Å². The number of nitrogens with zero attached hydrogens (tertiary/aromatic N) is 3. The van der Waals surface area contributed by atoms with Gasteiger partial charge in [0.1, 0.15) is 11.2 Å². The van der Waals surface area contributed by atoms with E-state index in [4.69, 9.17) is 14.4 Å². The normalized spacial score (nSPS) is 11.6. The van der Waals surface area contributed by atoms with Crippen molar-refractivity contribution in [3.05, 3.63) is 176 Å². The summed E-state index contributed by atoms with van der Waals surface area (Å²) < 4.78 is 8.83. The van der Waals surface area contributed by atoms with Crippen LogP contribution in [0.25, 0.3) is 94.5 Å². The van der Waals surface area contributed by atoms with Crippen LogP contribution in [0.1, 0.15) is 0 Å². The highest BCUT2D eigenvalue weighted by Gasteiger charge is 2.20. The van der Waals surface area contributed by atoms with Crippen molar-refractivity contribution in [2.45, 2.75) is 0 Å². The summed E-state index contributed by atoms with van der Waals surface area (Å²) in [6.45, 7) is 0. The van der Waals surface area contributed by atoms with Gasteiger partial charge in [0.25, 0.3) is 0 Å². The van der Waals surface area contributed by atoms with E-state index in [2.05, 4.69) is 156 Å². The maximum Gasteiger partial charge on any atom is 0.164 e. The van der Waals surface area contributed by atoms with E-state index in [1.807, 2.05) is 24.3 Å². The second kappa shape index (κ2) is 11.4. The molecule has 0 saturated heterocycles. The van der Waals surface area contributed by atoms with Crippen LogP contribution >= 0.6 is 0 Å². The summed E-state index contributed by atoms with van der Waals surface area (Å²) >= 11 is 0. The van der Waals surface area contributed by atoms with Crippen molar-refractivity contribution in [3.8, 4) is 50.7 Å². The monoisotopic (exact) mass is 639 g/mol. The van der Waals surface area contributed by atoms with Gasteiger partial charge in [0.2, 0.25) is 0 Å². The molecule has 7 aromatic carbocycles. The average molecular weight is 640 g/mol. The van der Waals surface area contributed by atoms with Gasteiger partial charge in [0.15, 0.2) is 5.82 Å². The van der Waals surface area contributed by atoms with Crippen molar-refractivity contribution in [1.82, 2.24) is 14.5 Å². The smallest absolute Gasteiger partial charge is 0.164 e. The summed E-state index contributed by atoms with van der Waals surface area (Å²) in [6, 6.07) is 61.3. The molecule has 0 saturated carbocycles. The first kappa shape index (κ1) is 28.3. The van der Waals surface area contributed by atoms with E-state index >= 15 is 0 Å². The van der Waals surface area contributed by atoms with Crippen molar-refractivity contribution < 1.29 is 4.42 Å². The lowest BCUT2D eigenvalue weighted by Gasteiger charge is -2.12. The van der Waals surface area contributed by atoms with Crippen molar-refractivity contribution in [2.24, 2.45) is 0 Å². The molecular formula is C46H29N3O. The summed E-state index contributed by atoms with van der Waals surface area (Å²) in [5.74, 6) is 0.623. The molecule has 0 unspecified atom stereocenters. The second-order valence-electron chi connectivity index (χ2n) is 12.6. The van der Waals surface area contributed by atoms with Gasteiger partial charge in [0, 0.05) is 38.4 Å². The van der Waals surface area contributed by atoms with Gasteiger partial charge >= 0.3 is 0 Å². The van der Waals surface area contributed by atoms with E-state index in [0.717, 1.165) is 77.7 Å². The number of hydrogen-bond donors (Lipinski definition) is 0. The lowest BCUT2D eigenvalue weighted by Crippen LogP contribution is -1.97. The first-order valence-electron chi connectivity index (χ1n) is 16.8. The minimum Gasteiger partial charge on any atom is -0.455 e. The molecule has 0 radical (unpaired) electrons. The van der Waals surface area contributed by atoms with E-state index in [0.29, 0.717) is 5.82 Å². The Morgan fingerprint density at radius 2 is 1.02 bits per heavy atom. The van der Waals surface area contributed by atoms with Crippen LogP contribution in [0, 0.1) is 0 Å². The van der Waals surface area contributed by atoms with Crippen molar-refractivity contribution in [2.75, 3.05) is 0 Å². The number of hydrogen-bond acceptors (Lipinski definition) is 3. The zero-order chi connectivity index (χ0) is 33.0. The number of aromatic nitrogens is 3. The first-order chi connectivity index (χ1) is 24.8. The molecule has 0 N–H and O–H groups in total. The predicted octanol–water partition coefficient (Wildman–Crippen LogP) is 12.1. The van der Waals surface area contributed by atoms with E-state index in [9.17, 15) is 0 Å². The van der Waals surface area contributed by atoms with Gasteiger partial charge in [-0.05, 0) is 53.6 Å². The quantitative estimate of drug-likeness (QED) is 0.188. The molecule has 4 heteroatoms. The Kier molecular flexibility index (Phi) is 6.46. The third kappa shape index (κ3) is 4.54. The lowest BCUT2D eigenvalue weighted by atomic mass is 10.00. The molecule has 10 aromatic rings. The number of benzene rings is 7. The third-order valence-corrected chi connectivity index (χ3v) is 9.65. The average Bonchev–Trinajstić information content (AvgIpc) is 3.75. The molecule has 0 aliphatic heterocycles. The molecule has 0 atom stereocenters. The molecule has 0 fully saturated rings. The highest BCUT2D eigenvalue weighted by Crippen LogP contribution is 2.41. The third-order valence-electron chi connectivity index (χ3n) is 9.65. The molecule has 50 heavy (non-hydrogen) atoms. The summed E-state index contributed by atoms with van der Waals surface area (Å²) in [4.78, 5) is 10.6. The molecule has 4 nitrogen and oxygen atoms in total. The molecule has 3 aromatic heterocycles. The fourth-order valence-electron chi connectivity index (χ4n) is 7.33. The lowest BCUT2D eigenvalue weighted by molar-refractivity contribution is 0.669. The molecule has 0 amide bonds. The van der Waals surface area contributed by atoms with Crippen LogP contribution in [0.4, 0.5) is 0 Å². The van der Waals surface area contributed by atoms with Gasteiger partial charge in [-0.15, -0.1) is 0 Å². The summed E-state index contributed by atoms with van der Waals surface area (Å²) in [7, 11) is 0. The Hall–Kier alpha value is -6.78. The van der Waals surface area contributed by atoms with E-state index in [1.54, 1.807) is 0 Å². The Bertz CT molecular complexity index is 2850. The van der Waals surface area contributed by atoms with E-state index < -0.39 is 0 Å². The number of rotatable bonds is 5. The minimum absolute atomic E-state index is 0.623. The Balaban J connectivity index is 1.23. The maximum atomic E-state index is 6.49. The molecule has 0 aliphatic rings. The van der Waals surface area contributed by atoms with Gasteiger partial charge < -0.3 is 8.98 Å². The Morgan fingerprint density at radius 1 is 0.420 bits per heavy atom. The first-order valence-corrected chi connectivity index (χ1v) is 16.8. The minimum atomic E-state index is 0.623. The molecule has 234 valence electrons. The SMILES string of the molecule is c1ccc(-c2ccc(-c3cc(-c4cccc5c4c4ccccc4n5-c4ccccc4)nc(-c4cccc5c4oc4ccccc45)n3)cc2)cc1. The van der Waals surface area contributed by atoms with Gasteiger partial charge in [0.05, 0.1) is 28.0 Å². The number of furan rings is 1. The molecule has 0 bridgehead atoms. The van der Waals surface area contributed by atoms with Crippen LogP contribution in [0.15, 0.2) is 180 Å². The van der Waals surface area contributed by atoms with Gasteiger partial charge in [-0.2, -0.15) is 0 Å². The fraction of sp³-hybridized carbons (Fsp3) is 0. The fourth-order valence-corrected chi connectivity index (χ4v) is 7.33. The van der Waals surface area contributed by atoms with Crippen LogP contribution in [0.3, 0.4) is 0 Å². The van der Waals surface area contributed by atoms with Crippen molar-refractivity contribution in [1.29, 1.82) is 0 Å². The largest absolute Gasteiger partial charge is 0.455 e. The Morgan fingerprint density at radius 3 is 1.86 bits per heavy atom. The summed E-state index contributed by atoms with van der Waals surface area (Å²) in [6.07, 6.45) is 0. The van der Waals surface area contributed by atoms with Crippen molar-refractivity contribution in [3.63, 3.8) is 0 Å². The second-order valence-corrected chi connectivity index (χ2v) is 12.6. The highest BCUT2D eigenvalue weighted by molar-refractivity contribution is 6.16. The molecule has 3 heterocycles. The zero-order valence-corrected chi connectivity index (χ0v) is 27.0. The molecule has 0 spiro atoms. The van der Waals surface area contributed by atoms with Crippen LogP contribution in [-0.2, 0) is 0 Å². The molecular weight excluding hydrogens is 611 g/mol. The van der Waals surface area contributed by atoms with E-state index in [-0.39, 0.29) is 0 Å². The number of fused-ring (bicyclic) bond motifs is 6. The maximum absolute atomic E-state index is 6.49. The summed E-state index contributed by atoms with van der Waals surface area (Å²) in [5.41, 5.74) is 12.0. The van der Waals surface area contributed by atoms with Crippen LogP contribution < -0.4 is 0 Å². The van der Waals surface area contributed by atoms with E-state index in [1.165, 1.54) is 10.9 Å². The van der Waals surface area contributed by atoms with Gasteiger partial charge in [-0.1, -0.05) is 133 Å². The van der Waals surface area contributed by atoms with Crippen molar-refractivity contribution >= 4 is 43.7 Å². The Labute approximate surface area is 288 Å². The van der Waals surface area contributed by atoms with Crippen LogP contribution in [-0.4, -0.2) is 14.5 Å². The van der Waals surface area contributed by atoms with Crippen LogP contribution in [0.5, 0.6) is 0 Å². The predicted molar refractivity (Wildman–Crippen MR) is 205 cm³/mol. The van der Waals surface area contributed by atoms with Crippen LogP contribution in [0.2, 0.25) is 0 Å². The highest BCUT2D eigenvalue weighted by atomic mass is 16.3. The molecule has 0 aliphatic carbocycles. The van der Waals surface area contributed by atoms with Gasteiger partial charge in [-0.3, -0.25) is 0 Å². The number of para-hydroxylation sites is 4. The topological polar surface area (TPSA) is 43.9 Å². The zero-order valence-electron chi connectivity index (χ0n) is 27.0. The summed E-state index contributed by atoms with van der Waals surface area (Å²) in [5, 5.41) is 4.46. The molecule has 10 rings (SSSR count).